The van der Waals surface area contributed by atoms with Gasteiger partial charge in [-0.1, -0.05) is 30.3 Å². The van der Waals surface area contributed by atoms with E-state index in [9.17, 15) is 8.42 Å². The average Bonchev–Trinajstić information content (AvgIpc) is 2.62. The highest BCUT2D eigenvalue weighted by atomic mass is 32.2. The largest absolute Gasteiger partial charge is 0.356 e. The second kappa shape index (κ2) is 7.73. The number of anilines is 1. The summed E-state index contributed by atoms with van der Waals surface area (Å²) < 4.78 is 25.7. The lowest BCUT2D eigenvalue weighted by Crippen LogP contribution is -2.34. The number of fused-ring (bicyclic) bond motifs is 1. The van der Waals surface area contributed by atoms with Gasteiger partial charge in [-0.15, -0.1) is 0 Å². The molecule has 0 saturated carbocycles. The molecule has 0 amide bonds. The normalized spacial score (nSPS) is 16.8. The molecule has 1 aliphatic rings. The van der Waals surface area contributed by atoms with Crippen LogP contribution in [0, 0.1) is 0 Å². The van der Waals surface area contributed by atoms with E-state index < -0.39 is 10.0 Å². The topological polar surface area (TPSA) is 61.4 Å². The summed E-state index contributed by atoms with van der Waals surface area (Å²) in [5.74, 6) is 0. The fraction of sp³-hybridized carbons (Fsp3) is 0.316. The predicted molar refractivity (Wildman–Crippen MR) is 109 cm³/mol. The van der Waals surface area contributed by atoms with Crippen LogP contribution in [0.5, 0.6) is 0 Å². The van der Waals surface area contributed by atoms with Gasteiger partial charge in [-0.25, -0.2) is 12.7 Å². The van der Waals surface area contributed by atoms with Crippen molar-refractivity contribution in [3.05, 3.63) is 59.7 Å². The standard InChI is InChI=1S/C19H23N3O2S2/c1-22(2)26(23,24)16-10-6-9-15(13-16)20-19(25)21-18-12-5-8-14-7-3-4-11-17(14)18/h3-4,6-7,9-11,13,18H,5,8,12H2,1-2H3,(H2,20,21,25). The molecule has 5 nitrogen and oxygen atoms in total. The number of thiocarbonyl (C=S) groups is 1. The highest BCUT2D eigenvalue weighted by molar-refractivity contribution is 7.89. The second-order valence-electron chi connectivity index (χ2n) is 6.56. The third-order valence-corrected chi connectivity index (χ3v) is 6.58. The third kappa shape index (κ3) is 4.06. The number of benzene rings is 2. The van der Waals surface area contributed by atoms with Crippen LogP contribution in [0.3, 0.4) is 0 Å². The van der Waals surface area contributed by atoms with Crippen molar-refractivity contribution >= 4 is 33.0 Å². The maximum atomic E-state index is 12.3. The molecule has 0 aliphatic heterocycles. The van der Waals surface area contributed by atoms with Crippen LogP contribution in [0.25, 0.3) is 0 Å². The molecule has 0 bridgehead atoms. The Morgan fingerprint density at radius 2 is 1.92 bits per heavy atom. The van der Waals surface area contributed by atoms with Gasteiger partial charge in [0.05, 0.1) is 10.9 Å². The van der Waals surface area contributed by atoms with Crippen molar-refractivity contribution in [1.82, 2.24) is 9.62 Å². The lowest BCUT2D eigenvalue weighted by atomic mass is 9.88. The van der Waals surface area contributed by atoms with Crippen molar-refractivity contribution in [2.24, 2.45) is 0 Å². The summed E-state index contributed by atoms with van der Waals surface area (Å²) in [6.45, 7) is 0. The summed E-state index contributed by atoms with van der Waals surface area (Å²) in [4.78, 5) is 0.235. The van der Waals surface area contributed by atoms with Gasteiger partial charge in [0, 0.05) is 19.8 Å². The number of rotatable bonds is 4. The smallest absolute Gasteiger partial charge is 0.242 e. The quantitative estimate of drug-likeness (QED) is 0.786. The summed E-state index contributed by atoms with van der Waals surface area (Å²) in [6.07, 6.45) is 3.24. The van der Waals surface area contributed by atoms with Crippen LogP contribution in [-0.2, 0) is 16.4 Å². The number of aryl methyl sites for hydroxylation is 1. The number of sulfonamides is 1. The Balaban J connectivity index is 1.72. The molecule has 2 aromatic rings. The number of nitrogens with one attached hydrogen (secondary N) is 2. The molecule has 138 valence electrons. The molecular weight excluding hydrogens is 366 g/mol. The Bertz CT molecular complexity index is 911. The molecule has 0 saturated heterocycles. The predicted octanol–water partition coefficient (Wildman–Crippen LogP) is 3.30. The van der Waals surface area contributed by atoms with Crippen molar-refractivity contribution in [1.29, 1.82) is 0 Å². The van der Waals surface area contributed by atoms with E-state index >= 15 is 0 Å². The van der Waals surface area contributed by atoms with Crippen molar-refractivity contribution < 1.29 is 8.42 Å². The molecule has 7 heteroatoms. The Morgan fingerprint density at radius 1 is 1.15 bits per heavy atom. The Kier molecular flexibility index (Phi) is 5.60. The Morgan fingerprint density at radius 3 is 2.69 bits per heavy atom. The first-order valence-corrected chi connectivity index (χ1v) is 10.4. The fourth-order valence-electron chi connectivity index (χ4n) is 3.17. The van der Waals surface area contributed by atoms with E-state index in [1.165, 1.54) is 29.5 Å². The molecule has 2 N–H and O–H groups in total. The Labute approximate surface area is 160 Å². The zero-order chi connectivity index (χ0) is 18.7. The van der Waals surface area contributed by atoms with E-state index in [0.29, 0.717) is 10.8 Å². The minimum atomic E-state index is -3.47. The maximum Gasteiger partial charge on any atom is 0.242 e. The number of nitrogens with zero attached hydrogens (tertiary/aromatic N) is 1. The highest BCUT2D eigenvalue weighted by Crippen LogP contribution is 2.29. The first-order chi connectivity index (χ1) is 12.4. The molecular formula is C19H23N3O2S2. The molecule has 1 unspecified atom stereocenters. The lowest BCUT2D eigenvalue weighted by Gasteiger charge is -2.27. The van der Waals surface area contributed by atoms with Crippen LogP contribution >= 0.6 is 12.2 Å². The molecule has 1 atom stereocenters. The molecule has 0 spiro atoms. The van der Waals surface area contributed by atoms with Crippen LogP contribution in [0.15, 0.2) is 53.4 Å². The summed E-state index contributed by atoms with van der Waals surface area (Å²) in [5, 5.41) is 6.97. The zero-order valence-corrected chi connectivity index (χ0v) is 16.5. The van der Waals surface area contributed by atoms with Crippen molar-refractivity contribution in [3.63, 3.8) is 0 Å². The van der Waals surface area contributed by atoms with E-state index in [1.807, 2.05) is 6.07 Å². The fourth-order valence-corrected chi connectivity index (χ4v) is 4.38. The summed E-state index contributed by atoms with van der Waals surface area (Å²) in [7, 11) is -0.441. The van der Waals surface area contributed by atoms with Crippen LogP contribution in [0.1, 0.15) is 30.0 Å². The highest BCUT2D eigenvalue weighted by Gasteiger charge is 2.21. The SMILES string of the molecule is CN(C)S(=O)(=O)c1cccc(NC(=S)NC2CCCc3ccccc32)c1. The first kappa shape index (κ1) is 18.8. The molecule has 3 rings (SSSR count). The van der Waals surface area contributed by atoms with Gasteiger partial charge in [0.25, 0.3) is 0 Å². The lowest BCUT2D eigenvalue weighted by molar-refractivity contribution is 0.520. The maximum absolute atomic E-state index is 12.3. The van der Waals surface area contributed by atoms with Gasteiger partial charge < -0.3 is 10.6 Å². The van der Waals surface area contributed by atoms with Gasteiger partial charge in [-0.3, -0.25) is 0 Å². The van der Waals surface area contributed by atoms with Gasteiger partial charge in [0.1, 0.15) is 0 Å². The van der Waals surface area contributed by atoms with Crippen molar-refractivity contribution in [3.8, 4) is 0 Å². The third-order valence-electron chi connectivity index (χ3n) is 4.55. The van der Waals surface area contributed by atoms with E-state index in [1.54, 1.807) is 24.3 Å². The molecule has 0 aromatic heterocycles. The molecule has 0 radical (unpaired) electrons. The molecule has 0 fully saturated rings. The molecule has 26 heavy (non-hydrogen) atoms. The van der Waals surface area contributed by atoms with E-state index in [2.05, 4.69) is 28.8 Å². The van der Waals surface area contributed by atoms with Gasteiger partial charge in [-0.2, -0.15) is 0 Å². The van der Waals surface area contributed by atoms with Crippen LogP contribution in [0.2, 0.25) is 0 Å². The Hall–Kier alpha value is -1.96. The monoisotopic (exact) mass is 389 g/mol. The minimum absolute atomic E-state index is 0.175. The van der Waals surface area contributed by atoms with Crippen LogP contribution < -0.4 is 10.6 Å². The van der Waals surface area contributed by atoms with Crippen molar-refractivity contribution in [2.75, 3.05) is 19.4 Å². The van der Waals surface area contributed by atoms with E-state index in [4.69, 9.17) is 12.2 Å². The first-order valence-electron chi connectivity index (χ1n) is 8.56. The molecule has 1 aliphatic carbocycles. The average molecular weight is 390 g/mol. The van der Waals surface area contributed by atoms with Gasteiger partial charge in [0.2, 0.25) is 10.0 Å². The van der Waals surface area contributed by atoms with E-state index in [-0.39, 0.29) is 10.9 Å². The summed E-state index contributed by atoms with van der Waals surface area (Å²) in [6, 6.07) is 15.3. The minimum Gasteiger partial charge on any atom is -0.356 e. The summed E-state index contributed by atoms with van der Waals surface area (Å²) in [5.41, 5.74) is 3.29. The zero-order valence-electron chi connectivity index (χ0n) is 14.9. The van der Waals surface area contributed by atoms with Crippen LogP contribution in [0.4, 0.5) is 5.69 Å². The number of hydrogen-bond donors (Lipinski definition) is 2. The van der Waals surface area contributed by atoms with Gasteiger partial charge >= 0.3 is 0 Å². The molecule has 2 aromatic carbocycles. The van der Waals surface area contributed by atoms with Crippen LogP contribution in [-0.4, -0.2) is 31.9 Å². The second-order valence-corrected chi connectivity index (χ2v) is 9.12. The number of hydrogen-bond acceptors (Lipinski definition) is 3. The summed E-state index contributed by atoms with van der Waals surface area (Å²) >= 11 is 5.45. The van der Waals surface area contributed by atoms with E-state index in [0.717, 1.165) is 19.3 Å². The van der Waals surface area contributed by atoms with Gasteiger partial charge in [0.15, 0.2) is 5.11 Å². The van der Waals surface area contributed by atoms with Crippen molar-refractivity contribution in [2.45, 2.75) is 30.2 Å². The molecule has 0 heterocycles. The van der Waals surface area contributed by atoms with Gasteiger partial charge in [-0.05, 0) is 60.8 Å².